The smallest absolute Gasteiger partial charge is 0.240 e. The average molecular weight is 267 g/mol. The maximum Gasteiger partial charge on any atom is 0.240 e. The summed E-state index contributed by atoms with van der Waals surface area (Å²) in [5, 5.41) is 6.99. The topological polar surface area (TPSA) is 41.1 Å². The number of nitrogens with one attached hydrogen (secondary N) is 2. The Morgan fingerprint density at radius 1 is 1.44 bits per heavy atom. The van der Waals surface area contributed by atoms with Gasteiger partial charge in [-0.2, -0.15) is 0 Å². The van der Waals surface area contributed by atoms with Crippen LogP contribution in [-0.4, -0.2) is 24.5 Å². The number of halogens is 1. The molecule has 0 radical (unpaired) electrons. The molecule has 1 aliphatic rings. The summed E-state index contributed by atoms with van der Waals surface area (Å²) in [4.78, 5) is 12.0. The highest BCUT2D eigenvalue weighted by Crippen LogP contribution is 2.18. The van der Waals surface area contributed by atoms with E-state index in [0.29, 0.717) is 6.54 Å². The zero-order valence-corrected chi connectivity index (χ0v) is 11.4. The lowest BCUT2D eigenvalue weighted by molar-refractivity contribution is -0.126. The molecule has 1 aliphatic heterocycles. The van der Waals surface area contributed by atoms with E-state index in [1.165, 1.54) is 5.56 Å². The van der Waals surface area contributed by atoms with Crippen molar-refractivity contribution >= 4 is 17.5 Å². The van der Waals surface area contributed by atoms with Gasteiger partial charge in [0.05, 0.1) is 5.54 Å². The van der Waals surface area contributed by atoms with Crippen LogP contribution in [0.3, 0.4) is 0 Å². The summed E-state index contributed by atoms with van der Waals surface area (Å²) in [5.41, 5.74) is 0.809. The SMILES string of the molecule is CC1(C(=O)NCCc2ccc(Cl)cc2)CCCN1. The molecule has 0 aromatic heterocycles. The van der Waals surface area contributed by atoms with E-state index in [-0.39, 0.29) is 11.4 Å². The maximum atomic E-state index is 12.0. The molecular formula is C14H19ClN2O. The molecule has 0 saturated carbocycles. The van der Waals surface area contributed by atoms with Crippen molar-refractivity contribution in [3.8, 4) is 0 Å². The molecule has 4 heteroatoms. The Hall–Kier alpha value is -1.06. The molecule has 0 aliphatic carbocycles. The van der Waals surface area contributed by atoms with Crippen LogP contribution in [0.4, 0.5) is 0 Å². The number of hydrogen-bond donors (Lipinski definition) is 2. The zero-order chi connectivity index (χ0) is 13.0. The highest BCUT2D eigenvalue weighted by molar-refractivity contribution is 6.30. The number of carbonyl (C=O) groups is 1. The molecule has 98 valence electrons. The number of benzene rings is 1. The summed E-state index contributed by atoms with van der Waals surface area (Å²) in [6, 6.07) is 7.73. The molecular weight excluding hydrogens is 248 g/mol. The van der Waals surface area contributed by atoms with Crippen LogP contribution in [0.15, 0.2) is 24.3 Å². The van der Waals surface area contributed by atoms with E-state index in [9.17, 15) is 4.79 Å². The Kier molecular flexibility index (Phi) is 4.25. The second kappa shape index (κ2) is 5.72. The maximum absolute atomic E-state index is 12.0. The fourth-order valence-corrected chi connectivity index (χ4v) is 2.38. The van der Waals surface area contributed by atoms with Crippen LogP contribution in [0.2, 0.25) is 5.02 Å². The molecule has 3 nitrogen and oxygen atoms in total. The largest absolute Gasteiger partial charge is 0.354 e. The first-order valence-electron chi connectivity index (χ1n) is 6.38. The average Bonchev–Trinajstić information content (AvgIpc) is 2.80. The van der Waals surface area contributed by atoms with Crippen LogP contribution < -0.4 is 10.6 Å². The van der Waals surface area contributed by atoms with E-state index in [4.69, 9.17) is 11.6 Å². The molecule has 2 N–H and O–H groups in total. The second-order valence-electron chi connectivity index (χ2n) is 4.99. The first kappa shape index (κ1) is 13.4. The van der Waals surface area contributed by atoms with Gasteiger partial charge in [0, 0.05) is 11.6 Å². The van der Waals surface area contributed by atoms with Gasteiger partial charge >= 0.3 is 0 Å². The molecule has 1 unspecified atom stereocenters. The van der Waals surface area contributed by atoms with Gasteiger partial charge in [0.2, 0.25) is 5.91 Å². The van der Waals surface area contributed by atoms with E-state index in [0.717, 1.165) is 30.8 Å². The standard InChI is InChI=1S/C14H19ClN2O/c1-14(8-2-9-17-14)13(18)16-10-7-11-3-5-12(15)6-4-11/h3-6,17H,2,7-10H2,1H3,(H,16,18). The molecule has 0 spiro atoms. The molecule has 1 atom stereocenters. The summed E-state index contributed by atoms with van der Waals surface area (Å²) in [6.45, 7) is 3.57. The normalized spacial score (nSPS) is 23.0. The Morgan fingerprint density at radius 2 is 2.17 bits per heavy atom. The first-order valence-corrected chi connectivity index (χ1v) is 6.76. The van der Waals surface area contributed by atoms with E-state index < -0.39 is 0 Å². The highest BCUT2D eigenvalue weighted by atomic mass is 35.5. The second-order valence-corrected chi connectivity index (χ2v) is 5.43. The van der Waals surface area contributed by atoms with Crippen LogP contribution in [0.1, 0.15) is 25.3 Å². The lowest BCUT2D eigenvalue weighted by Crippen LogP contribution is -2.51. The minimum Gasteiger partial charge on any atom is -0.354 e. The van der Waals surface area contributed by atoms with E-state index in [2.05, 4.69) is 10.6 Å². The lowest BCUT2D eigenvalue weighted by atomic mass is 9.99. The van der Waals surface area contributed by atoms with Crippen molar-refractivity contribution in [1.82, 2.24) is 10.6 Å². The summed E-state index contributed by atoms with van der Waals surface area (Å²) in [5.74, 6) is 0.106. The third-order valence-corrected chi connectivity index (χ3v) is 3.73. The minimum absolute atomic E-state index is 0.106. The number of carbonyl (C=O) groups excluding carboxylic acids is 1. The van der Waals surface area contributed by atoms with E-state index in [1.54, 1.807) is 0 Å². The fourth-order valence-electron chi connectivity index (χ4n) is 2.25. The molecule has 2 rings (SSSR count). The van der Waals surface area contributed by atoms with Crippen molar-refractivity contribution < 1.29 is 4.79 Å². The molecule has 1 fully saturated rings. The van der Waals surface area contributed by atoms with Gasteiger partial charge in [0.15, 0.2) is 0 Å². The van der Waals surface area contributed by atoms with Crippen molar-refractivity contribution in [1.29, 1.82) is 0 Å². The van der Waals surface area contributed by atoms with E-state index >= 15 is 0 Å². The van der Waals surface area contributed by atoms with Gasteiger partial charge in [-0.3, -0.25) is 4.79 Å². The van der Waals surface area contributed by atoms with Crippen molar-refractivity contribution in [3.63, 3.8) is 0 Å². The third-order valence-electron chi connectivity index (χ3n) is 3.48. The van der Waals surface area contributed by atoms with Gasteiger partial charge in [-0.15, -0.1) is 0 Å². The lowest BCUT2D eigenvalue weighted by Gasteiger charge is -2.23. The van der Waals surface area contributed by atoms with Gasteiger partial charge in [-0.25, -0.2) is 0 Å². The fraction of sp³-hybridized carbons (Fsp3) is 0.500. The highest BCUT2D eigenvalue weighted by Gasteiger charge is 2.35. The van der Waals surface area contributed by atoms with E-state index in [1.807, 2.05) is 31.2 Å². The molecule has 1 amide bonds. The van der Waals surface area contributed by atoms with Crippen LogP contribution in [0.25, 0.3) is 0 Å². The molecule has 18 heavy (non-hydrogen) atoms. The quantitative estimate of drug-likeness (QED) is 0.877. The third kappa shape index (κ3) is 3.24. The first-order chi connectivity index (χ1) is 8.60. The van der Waals surface area contributed by atoms with Crippen LogP contribution in [0.5, 0.6) is 0 Å². The van der Waals surface area contributed by atoms with Crippen LogP contribution in [0, 0.1) is 0 Å². The van der Waals surface area contributed by atoms with Crippen molar-refractivity contribution in [2.24, 2.45) is 0 Å². The minimum atomic E-state index is -0.375. The molecule has 1 heterocycles. The molecule has 1 aromatic rings. The summed E-state index contributed by atoms with van der Waals surface area (Å²) >= 11 is 5.82. The van der Waals surface area contributed by atoms with Gasteiger partial charge in [0.1, 0.15) is 0 Å². The van der Waals surface area contributed by atoms with Gasteiger partial charge in [-0.1, -0.05) is 23.7 Å². The van der Waals surface area contributed by atoms with Gasteiger partial charge < -0.3 is 10.6 Å². The van der Waals surface area contributed by atoms with Gasteiger partial charge in [-0.05, 0) is 50.4 Å². The predicted octanol–water partition coefficient (Wildman–Crippen LogP) is 2.14. The monoisotopic (exact) mass is 266 g/mol. The van der Waals surface area contributed by atoms with Crippen molar-refractivity contribution in [2.45, 2.75) is 31.7 Å². The predicted molar refractivity (Wildman–Crippen MR) is 73.8 cm³/mol. The van der Waals surface area contributed by atoms with Crippen LogP contribution >= 0.6 is 11.6 Å². The molecule has 1 aromatic carbocycles. The number of hydrogen-bond acceptors (Lipinski definition) is 2. The number of amides is 1. The summed E-state index contributed by atoms with van der Waals surface area (Å²) in [7, 11) is 0. The Balaban J connectivity index is 1.78. The molecule has 0 bridgehead atoms. The Morgan fingerprint density at radius 3 is 2.78 bits per heavy atom. The van der Waals surface area contributed by atoms with Crippen LogP contribution in [-0.2, 0) is 11.2 Å². The summed E-state index contributed by atoms with van der Waals surface area (Å²) < 4.78 is 0. The Bertz CT molecular complexity index is 410. The molecule has 1 saturated heterocycles. The number of rotatable bonds is 4. The summed E-state index contributed by atoms with van der Waals surface area (Å²) in [6.07, 6.45) is 2.82. The van der Waals surface area contributed by atoms with Crippen molar-refractivity contribution in [2.75, 3.05) is 13.1 Å². The van der Waals surface area contributed by atoms with Gasteiger partial charge in [0.25, 0.3) is 0 Å². The van der Waals surface area contributed by atoms with Crippen molar-refractivity contribution in [3.05, 3.63) is 34.9 Å². The Labute approximate surface area is 113 Å². The zero-order valence-electron chi connectivity index (χ0n) is 10.6.